The molecule has 27 heavy (non-hydrogen) atoms. The molecule has 1 N–H and O–H groups in total. The summed E-state index contributed by atoms with van der Waals surface area (Å²) in [5.74, 6) is 0.597. The first-order valence-electron chi connectivity index (χ1n) is 8.97. The fourth-order valence-electron chi connectivity index (χ4n) is 3.20. The number of nitrogens with zero attached hydrogens (tertiary/aromatic N) is 2. The maximum atomic E-state index is 12.8. The molecule has 0 bridgehead atoms. The average Bonchev–Trinajstić information content (AvgIpc) is 3.07. The van der Waals surface area contributed by atoms with Crippen LogP contribution in [0.15, 0.2) is 41.4 Å². The highest BCUT2D eigenvalue weighted by Gasteiger charge is 2.28. The van der Waals surface area contributed by atoms with Gasteiger partial charge in [0.05, 0.1) is 0 Å². The molecule has 6 nitrogen and oxygen atoms in total. The van der Waals surface area contributed by atoms with Gasteiger partial charge in [-0.2, -0.15) is 16.1 Å². The number of aryl methyl sites for hydroxylation is 1. The Morgan fingerprint density at radius 2 is 1.81 bits per heavy atom. The quantitative estimate of drug-likeness (QED) is 0.797. The number of carbonyl (C=O) groups excluding carboxylic acids is 1. The van der Waals surface area contributed by atoms with Crippen molar-refractivity contribution in [3.63, 3.8) is 0 Å². The van der Waals surface area contributed by atoms with Crippen molar-refractivity contribution < 1.29 is 13.2 Å². The zero-order valence-corrected chi connectivity index (χ0v) is 17.3. The molecule has 0 radical (unpaired) electrons. The predicted molar refractivity (Wildman–Crippen MR) is 110 cm³/mol. The number of piperidine rings is 1. The highest BCUT2D eigenvalue weighted by Crippen LogP contribution is 2.23. The lowest BCUT2D eigenvalue weighted by molar-refractivity contribution is 0.101. The molecular weight excluding hydrogens is 382 g/mol. The number of benzene rings is 1. The van der Waals surface area contributed by atoms with Crippen molar-refractivity contribution in [3.8, 4) is 0 Å². The van der Waals surface area contributed by atoms with Crippen LogP contribution in [0.3, 0.4) is 0 Å². The Morgan fingerprint density at radius 1 is 1.15 bits per heavy atom. The predicted octanol–water partition coefficient (Wildman–Crippen LogP) is 3.32. The van der Waals surface area contributed by atoms with E-state index in [0.717, 1.165) is 25.0 Å². The molecule has 1 aromatic carbocycles. The van der Waals surface area contributed by atoms with Crippen LogP contribution in [0.2, 0.25) is 0 Å². The molecule has 8 heteroatoms. The Morgan fingerprint density at radius 3 is 2.44 bits per heavy atom. The van der Waals surface area contributed by atoms with Crippen molar-refractivity contribution in [1.29, 1.82) is 0 Å². The van der Waals surface area contributed by atoms with E-state index < -0.39 is 10.0 Å². The summed E-state index contributed by atoms with van der Waals surface area (Å²) in [5, 5.41) is 2.84. The van der Waals surface area contributed by atoms with Crippen molar-refractivity contribution in [1.82, 2.24) is 8.87 Å². The molecule has 0 spiro atoms. The molecule has 0 atom stereocenters. The first-order valence-corrected chi connectivity index (χ1v) is 11.8. The van der Waals surface area contributed by atoms with Gasteiger partial charge < -0.3 is 9.88 Å². The topological polar surface area (TPSA) is 71.4 Å². The van der Waals surface area contributed by atoms with Crippen molar-refractivity contribution in [2.45, 2.75) is 29.9 Å². The van der Waals surface area contributed by atoms with E-state index in [-0.39, 0.29) is 10.8 Å². The van der Waals surface area contributed by atoms with E-state index in [9.17, 15) is 13.2 Å². The van der Waals surface area contributed by atoms with Crippen LogP contribution in [0.5, 0.6) is 0 Å². The Bertz CT molecular complexity index is 899. The number of hydrogen-bond acceptors (Lipinski definition) is 4. The third-order valence-electron chi connectivity index (χ3n) is 4.69. The summed E-state index contributed by atoms with van der Waals surface area (Å²) in [5.41, 5.74) is 2.19. The minimum absolute atomic E-state index is 0.173. The SMILES string of the molecule is CSCc1ccc(NC(=O)c2cc(S(=O)(=O)N3CCCCC3)cn2C)cc1. The highest BCUT2D eigenvalue weighted by molar-refractivity contribution is 7.97. The van der Waals surface area contributed by atoms with Gasteiger partial charge in [-0.15, -0.1) is 0 Å². The van der Waals surface area contributed by atoms with Gasteiger partial charge in [0, 0.05) is 37.8 Å². The molecule has 2 aromatic rings. The summed E-state index contributed by atoms with van der Waals surface area (Å²) in [7, 11) is -1.87. The Hall–Kier alpha value is -1.77. The van der Waals surface area contributed by atoms with Crippen LogP contribution in [-0.2, 0) is 22.8 Å². The second-order valence-electron chi connectivity index (χ2n) is 6.72. The molecule has 1 fully saturated rings. The second kappa shape index (κ2) is 8.50. The van der Waals surface area contributed by atoms with Crippen molar-refractivity contribution in [2.24, 2.45) is 7.05 Å². The monoisotopic (exact) mass is 407 g/mol. The van der Waals surface area contributed by atoms with Crippen molar-refractivity contribution in [3.05, 3.63) is 47.8 Å². The summed E-state index contributed by atoms with van der Waals surface area (Å²) >= 11 is 1.74. The van der Waals surface area contributed by atoms with E-state index >= 15 is 0 Å². The average molecular weight is 408 g/mol. The van der Waals surface area contributed by atoms with E-state index in [1.54, 1.807) is 23.4 Å². The standard InChI is InChI=1S/C19H25N3O3S2/c1-21-13-17(27(24,25)22-10-4-3-5-11-22)12-18(21)19(23)20-16-8-6-15(7-9-16)14-26-2/h6-9,12-13H,3-5,10-11,14H2,1-2H3,(H,20,23). The van der Waals surface area contributed by atoms with E-state index in [1.165, 1.54) is 22.1 Å². The second-order valence-corrected chi connectivity index (χ2v) is 9.52. The zero-order valence-electron chi connectivity index (χ0n) is 15.6. The molecule has 1 saturated heterocycles. The minimum Gasteiger partial charge on any atom is -0.345 e. The molecule has 2 heterocycles. The first kappa shape index (κ1) is 20.0. The Balaban J connectivity index is 1.76. The number of thioether (sulfide) groups is 1. The smallest absolute Gasteiger partial charge is 0.272 e. The highest BCUT2D eigenvalue weighted by atomic mass is 32.2. The summed E-state index contributed by atoms with van der Waals surface area (Å²) in [6.45, 7) is 1.09. The van der Waals surface area contributed by atoms with Crippen LogP contribution >= 0.6 is 11.8 Å². The Kier molecular flexibility index (Phi) is 6.29. The van der Waals surface area contributed by atoms with Crippen LogP contribution in [0, 0.1) is 0 Å². The third kappa shape index (κ3) is 4.56. The largest absolute Gasteiger partial charge is 0.345 e. The summed E-state index contributed by atoms with van der Waals surface area (Å²) < 4.78 is 28.7. The summed E-state index contributed by atoms with van der Waals surface area (Å²) in [6, 6.07) is 9.13. The van der Waals surface area contributed by atoms with Gasteiger partial charge >= 0.3 is 0 Å². The lowest BCUT2D eigenvalue weighted by Gasteiger charge is -2.25. The van der Waals surface area contributed by atoms with Crippen LogP contribution in [0.25, 0.3) is 0 Å². The van der Waals surface area contributed by atoms with Crippen LogP contribution in [0.1, 0.15) is 35.3 Å². The van der Waals surface area contributed by atoms with Crippen LogP contribution in [0.4, 0.5) is 5.69 Å². The van der Waals surface area contributed by atoms with Gasteiger partial charge in [0.15, 0.2) is 0 Å². The summed E-state index contributed by atoms with van der Waals surface area (Å²) in [6.07, 6.45) is 6.38. The van der Waals surface area contributed by atoms with Gasteiger partial charge in [0.2, 0.25) is 10.0 Å². The van der Waals surface area contributed by atoms with Crippen molar-refractivity contribution in [2.75, 3.05) is 24.7 Å². The van der Waals surface area contributed by atoms with E-state index in [4.69, 9.17) is 0 Å². The number of aromatic nitrogens is 1. The van der Waals surface area contributed by atoms with Crippen molar-refractivity contribution >= 4 is 33.4 Å². The van der Waals surface area contributed by atoms with E-state index in [1.807, 2.05) is 30.5 Å². The molecular formula is C19H25N3O3S2. The van der Waals surface area contributed by atoms with Gasteiger partial charge in [0.25, 0.3) is 5.91 Å². The van der Waals surface area contributed by atoms with Gasteiger partial charge in [-0.25, -0.2) is 8.42 Å². The molecule has 1 aromatic heterocycles. The molecule has 1 aliphatic rings. The number of amides is 1. The molecule has 3 rings (SSSR count). The number of anilines is 1. The molecule has 0 saturated carbocycles. The third-order valence-corrected chi connectivity index (χ3v) is 7.17. The molecule has 146 valence electrons. The van der Waals surface area contributed by atoms with Gasteiger partial charge in [0.1, 0.15) is 10.6 Å². The minimum atomic E-state index is -3.55. The zero-order chi connectivity index (χ0) is 19.4. The fourth-order valence-corrected chi connectivity index (χ4v) is 5.32. The number of nitrogens with one attached hydrogen (secondary N) is 1. The lowest BCUT2D eigenvalue weighted by Crippen LogP contribution is -2.35. The van der Waals surface area contributed by atoms with E-state index in [2.05, 4.69) is 5.32 Å². The van der Waals surface area contributed by atoms with Gasteiger partial charge in [-0.3, -0.25) is 4.79 Å². The molecule has 1 amide bonds. The maximum absolute atomic E-state index is 12.8. The lowest BCUT2D eigenvalue weighted by atomic mass is 10.2. The van der Waals surface area contributed by atoms with Gasteiger partial charge in [-0.05, 0) is 42.9 Å². The first-order chi connectivity index (χ1) is 12.9. The molecule has 0 unspecified atom stereocenters. The number of sulfonamides is 1. The van der Waals surface area contributed by atoms with E-state index in [0.29, 0.717) is 24.5 Å². The Labute approximate surface area is 165 Å². The number of rotatable bonds is 6. The fraction of sp³-hybridized carbons (Fsp3) is 0.421. The molecule has 1 aliphatic heterocycles. The molecule has 0 aliphatic carbocycles. The number of hydrogen-bond donors (Lipinski definition) is 1. The van der Waals surface area contributed by atoms with Crippen LogP contribution < -0.4 is 5.32 Å². The maximum Gasteiger partial charge on any atom is 0.272 e. The normalized spacial score (nSPS) is 15.6. The van der Waals surface area contributed by atoms with Crippen LogP contribution in [-0.4, -0.2) is 42.5 Å². The van der Waals surface area contributed by atoms with Gasteiger partial charge in [-0.1, -0.05) is 18.6 Å². The summed E-state index contributed by atoms with van der Waals surface area (Å²) in [4.78, 5) is 12.8. The number of carbonyl (C=O) groups is 1.